The first-order chi connectivity index (χ1) is 11.8. The minimum Gasteiger partial charge on any atom is -0.451 e. The summed E-state index contributed by atoms with van der Waals surface area (Å²) in [7, 11) is -0.780. The Bertz CT molecular complexity index is 866. The van der Waals surface area contributed by atoms with Gasteiger partial charge in [0, 0.05) is 26.0 Å². The highest BCUT2D eigenvalue weighted by Crippen LogP contribution is 2.17. The summed E-state index contributed by atoms with van der Waals surface area (Å²) in [5.41, 5.74) is 0.371. The van der Waals surface area contributed by atoms with Crippen LogP contribution in [0.2, 0.25) is 0 Å². The van der Waals surface area contributed by atoms with E-state index in [0.717, 1.165) is 4.31 Å². The molecule has 1 aromatic heterocycles. The van der Waals surface area contributed by atoms with E-state index in [9.17, 15) is 18.0 Å². The highest BCUT2D eigenvalue weighted by atomic mass is 32.2. The number of ether oxygens (including phenoxy) is 1. The van der Waals surface area contributed by atoms with E-state index < -0.39 is 28.5 Å². The molecule has 0 fully saturated rings. The van der Waals surface area contributed by atoms with Gasteiger partial charge in [-0.1, -0.05) is 12.1 Å². The van der Waals surface area contributed by atoms with Gasteiger partial charge in [0.2, 0.25) is 10.0 Å². The third-order valence-electron chi connectivity index (χ3n) is 3.10. The molecule has 0 aliphatic rings. The fourth-order valence-electron chi connectivity index (χ4n) is 1.83. The predicted octanol–water partition coefficient (Wildman–Crippen LogP) is 1.13. The lowest BCUT2D eigenvalue weighted by Crippen LogP contribution is -2.23. The van der Waals surface area contributed by atoms with E-state index in [-0.39, 0.29) is 16.3 Å². The number of aromatic nitrogens is 1. The van der Waals surface area contributed by atoms with Crippen LogP contribution in [0.1, 0.15) is 10.5 Å². The molecule has 1 N–H and O–H groups in total. The van der Waals surface area contributed by atoms with Gasteiger partial charge < -0.3 is 10.1 Å². The van der Waals surface area contributed by atoms with Gasteiger partial charge in [0.05, 0.1) is 4.90 Å². The minimum absolute atomic E-state index is 0.0424. The smallest absolute Gasteiger partial charge is 0.357 e. The minimum atomic E-state index is -3.61. The molecule has 2 aromatic rings. The first kappa shape index (κ1) is 18.6. The number of hydrogen-bond acceptors (Lipinski definition) is 6. The summed E-state index contributed by atoms with van der Waals surface area (Å²) < 4.78 is 30.1. The number of carbonyl (C=O) groups excluding carboxylic acids is 2. The largest absolute Gasteiger partial charge is 0.451 e. The van der Waals surface area contributed by atoms with Crippen LogP contribution in [-0.4, -0.2) is 50.3 Å². The molecule has 1 amide bonds. The van der Waals surface area contributed by atoms with Crippen LogP contribution < -0.4 is 5.32 Å². The Kier molecular flexibility index (Phi) is 5.84. The molecular formula is C16H17N3O5S. The molecule has 8 nitrogen and oxygen atoms in total. The molecular weight excluding hydrogens is 346 g/mol. The summed E-state index contributed by atoms with van der Waals surface area (Å²) in [6, 6.07) is 10.5. The van der Waals surface area contributed by atoms with Crippen LogP contribution in [0.15, 0.2) is 53.6 Å². The van der Waals surface area contributed by atoms with Gasteiger partial charge >= 0.3 is 5.97 Å². The second kappa shape index (κ2) is 7.86. The molecule has 1 aromatic carbocycles. The van der Waals surface area contributed by atoms with Crippen LogP contribution in [0.3, 0.4) is 0 Å². The lowest BCUT2D eigenvalue weighted by Gasteiger charge is -2.12. The van der Waals surface area contributed by atoms with Crippen molar-refractivity contribution in [3.8, 4) is 0 Å². The fourth-order valence-corrected chi connectivity index (χ4v) is 2.78. The average molecular weight is 363 g/mol. The Morgan fingerprint density at radius 2 is 1.92 bits per heavy atom. The average Bonchev–Trinajstić information content (AvgIpc) is 2.60. The number of nitrogens with zero attached hydrogens (tertiary/aromatic N) is 2. The number of benzene rings is 1. The van der Waals surface area contributed by atoms with Gasteiger partial charge in [0.25, 0.3) is 5.91 Å². The van der Waals surface area contributed by atoms with Crippen molar-refractivity contribution in [2.45, 2.75) is 4.90 Å². The lowest BCUT2D eigenvalue weighted by molar-refractivity contribution is -0.119. The van der Waals surface area contributed by atoms with Gasteiger partial charge in [-0.3, -0.25) is 4.79 Å². The normalized spacial score (nSPS) is 11.2. The van der Waals surface area contributed by atoms with Crippen LogP contribution in [0.5, 0.6) is 0 Å². The van der Waals surface area contributed by atoms with Crippen molar-refractivity contribution < 1.29 is 22.7 Å². The van der Waals surface area contributed by atoms with E-state index in [1.165, 1.54) is 50.6 Å². The number of esters is 1. The van der Waals surface area contributed by atoms with E-state index in [0.29, 0.717) is 0 Å². The Labute approximate surface area is 145 Å². The van der Waals surface area contributed by atoms with Gasteiger partial charge in [0.15, 0.2) is 6.61 Å². The number of rotatable bonds is 6. The Morgan fingerprint density at radius 3 is 2.56 bits per heavy atom. The van der Waals surface area contributed by atoms with Gasteiger partial charge in [-0.15, -0.1) is 0 Å². The highest BCUT2D eigenvalue weighted by molar-refractivity contribution is 7.89. The molecule has 0 aliphatic carbocycles. The zero-order valence-electron chi connectivity index (χ0n) is 13.7. The van der Waals surface area contributed by atoms with Crippen molar-refractivity contribution in [2.24, 2.45) is 0 Å². The standard InChI is InChI=1S/C16H17N3O5S/c1-19(2)25(22,23)13-7-5-6-12(10-13)18-15(20)11-24-16(21)14-8-3-4-9-17-14/h3-10H,11H2,1-2H3,(H,18,20). The molecule has 0 bridgehead atoms. The highest BCUT2D eigenvalue weighted by Gasteiger charge is 2.18. The van der Waals surface area contributed by atoms with E-state index in [1.54, 1.807) is 12.1 Å². The van der Waals surface area contributed by atoms with Gasteiger partial charge in [-0.05, 0) is 30.3 Å². The number of hydrogen-bond donors (Lipinski definition) is 1. The zero-order valence-corrected chi connectivity index (χ0v) is 14.5. The molecule has 0 unspecified atom stereocenters. The van der Waals surface area contributed by atoms with E-state index in [1.807, 2.05) is 0 Å². The van der Waals surface area contributed by atoms with Crippen LogP contribution >= 0.6 is 0 Å². The predicted molar refractivity (Wildman–Crippen MR) is 90.5 cm³/mol. The maximum atomic E-state index is 12.1. The number of carbonyl (C=O) groups is 2. The van der Waals surface area contributed by atoms with E-state index in [2.05, 4.69) is 10.3 Å². The molecule has 0 atom stereocenters. The van der Waals surface area contributed by atoms with Crippen LogP contribution in [-0.2, 0) is 19.6 Å². The first-order valence-electron chi connectivity index (χ1n) is 7.21. The van der Waals surface area contributed by atoms with Gasteiger partial charge in [0.1, 0.15) is 5.69 Å². The van der Waals surface area contributed by atoms with Crippen LogP contribution in [0, 0.1) is 0 Å². The molecule has 132 valence electrons. The molecule has 0 saturated heterocycles. The summed E-state index contributed by atoms with van der Waals surface area (Å²) in [6.07, 6.45) is 1.44. The second-order valence-electron chi connectivity index (χ2n) is 5.15. The topological polar surface area (TPSA) is 106 Å². The van der Waals surface area contributed by atoms with Crippen LogP contribution in [0.25, 0.3) is 0 Å². The molecule has 9 heteroatoms. The van der Waals surface area contributed by atoms with Crippen molar-refractivity contribution >= 4 is 27.6 Å². The zero-order chi connectivity index (χ0) is 18.4. The number of nitrogens with one attached hydrogen (secondary N) is 1. The summed E-state index contributed by atoms with van der Waals surface area (Å²) in [4.78, 5) is 27.4. The van der Waals surface area contributed by atoms with Gasteiger partial charge in [-0.25, -0.2) is 22.5 Å². The fraction of sp³-hybridized carbons (Fsp3) is 0.188. The number of sulfonamides is 1. The number of pyridine rings is 1. The number of anilines is 1. The molecule has 1 heterocycles. The van der Waals surface area contributed by atoms with Crippen molar-refractivity contribution in [1.29, 1.82) is 0 Å². The van der Waals surface area contributed by atoms with Crippen molar-refractivity contribution in [1.82, 2.24) is 9.29 Å². The molecule has 0 aliphatic heterocycles. The number of amides is 1. The summed E-state index contributed by atoms with van der Waals surface area (Å²) in [6.45, 7) is -0.514. The molecule has 25 heavy (non-hydrogen) atoms. The third kappa shape index (κ3) is 4.85. The van der Waals surface area contributed by atoms with Gasteiger partial charge in [-0.2, -0.15) is 0 Å². The lowest BCUT2D eigenvalue weighted by atomic mass is 10.3. The molecule has 0 saturated carbocycles. The van der Waals surface area contributed by atoms with Crippen molar-refractivity contribution in [3.05, 3.63) is 54.4 Å². The van der Waals surface area contributed by atoms with E-state index >= 15 is 0 Å². The first-order valence-corrected chi connectivity index (χ1v) is 8.65. The molecule has 0 radical (unpaired) electrons. The third-order valence-corrected chi connectivity index (χ3v) is 4.92. The Balaban J connectivity index is 1.98. The summed E-state index contributed by atoms with van der Waals surface area (Å²) in [5, 5.41) is 2.48. The van der Waals surface area contributed by atoms with E-state index in [4.69, 9.17) is 4.74 Å². The summed E-state index contributed by atoms with van der Waals surface area (Å²) >= 11 is 0. The second-order valence-corrected chi connectivity index (χ2v) is 7.31. The molecule has 0 spiro atoms. The Hall–Kier alpha value is -2.78. The molecule has 2 rings (SSSR count). The summed E-state index contributed by atoms with van der Waals surface area (Å²) in [5.74, 6) is -1.32. The monoisotopic (exact) mass is 363 g/mol. The SMILES string of the molecule is CN(C)S(=O)(=O)c1cccc(NC(=O)COC(=O)c2ccccn2)c1. The van der Waals surface area contributed by atoms with Crippen molar-refractivity contribution in [3.63, 3.8) is 0 Å². The quantitative estimate of drug-likeness (QED) is 0.771. The van der Waals surface area contributed by atoms with Crippen LogP contribution in [0.4, 0.5) is 5.69 Å². The van der Waals surface area contributed by atoms with Crippen molar-refractivity contribution in [2.75, 3.05) is 26.0 Å². The Morgan fingerprint density at radius 1 is 1.16 bits per heavy atom. The maximum Gasteiger partial charge on any atom is 0.357 e. The maximum absolute atomic E-state index is 12.1.